The molecule has 0 radical (unpaired) electrons. The molecule has 2 rings (SSSR count). The van der Waals surface area contributed by atoms with Crippen molar-refractivity contribution in [3.05, 3.63) is 23.5 Å². The van der Waals surface area contributed by atoms with Gasteiger partial charge < -0.3 is 10.1 Å². The summed E-state index contributed by atoms with van der Waals surface area (Å²) in [5.41, 5.74) is 1.09. The molecule has 0 amide bonds. The normalized spacial score (nSPS) is 11.4. The first-order valence-corrected chi connectivity index (χ1v) is 6.97. The summed E-state index contributed by atoms with van der Waals surface area (Å²) in [6, 6.07) is 0. The molecule has 0 aliphatic heterocycles. The van der Waals surface area contributed by atoms with E-state index in [1.807, 2.05) is 11.6 Å². The Balaban J connectivity index is 1.60. The van der Waals surface area contributed by atoms with Gasteiger partial charge in [-0.05, 0) is 6.42 Å². The van der Waals surface area contributed by atoms with Gasteiger partial charge in [-0.1, -0.05) is 13.3 Å². The van der Waals surface area contributed by atoms with Crippen LogP contribution < -0.4 is 5.32 Å². The fraction of sp³-hybridized carbons (Fsp3) is 0.583. The van der Waals surface area contributed by atoms with Crippen LogP contribution in [-0.2, 0) is 11.3 Å². The monoisotopic (exact) mass is 253 g/mol. The van der Waals surface area contributed by atoms with Gasteiger partial charge in [0.15, 0.2) is 4.96 Å². The second kappa shape index (κ2) is 6.74. The largest absolute Gasteiger partial charge is 0.380 e. The van der Waals surface area contributed by atoms with E-state index in [0.29, 0.717) is 0 Å². The number of fused-ring (bicyclic) bond motifs is 1. The van der Waals surface area contributed by atoms with Gasteiger partial charge in [0.05, 0.1) is 12.3 Å². The Bertz CT molecular complexity index is 409. The summed E-state index contributed by atoms with van der Waals surface area (Å²) >= 11 is 1.66. The number of ether oxygens (including phenoxy) is 1. The molecular formula is C12H19N3OS. The summed E-state index contributed by atoms with van der Waals surface area (Å²) in [7, 11) is 0. The minimum Gasteiger partial charge on any atom is -0.380 e. The summed E-state index contributed by atoms with van der Waals surface area (Å²) in [6.07, 6.45) is 6.44. The molecule has 0 aromatic carbocycles. The van der Waals surface area contributed by atoms with Crippen molar-refractivity contribution in [2.45, 2.75) is 26.3 Å². The van der Waals surface area contributed by atoms with E-state index in [0.717, 1.165) is 43.4 Å². The van der Waals surface area contributed by atoms with E-state index in [-0.39, 0.29) is 0 Å². The molecule has 0 fully saturated rings. The number of hydrogen-bond donors (Lipinski definition) is 1. The van der Waals surface area contributed by atoms with E-state index >= 15 is 0 Å². The maximum atomic E-state index is 5.47. The van der Waals surface area contributed by atoms with Crippen LogP contribution >= 0.6 is 11.3 Å². The number of unbranched alkanes of at least 4 members (excludes halogenated alkanes) is 1. The van der Waals surface area contributed by atoms with Crippen LogP contribution in [0.4, 0.5) is 0 Å². The van der Waals surface area contributed by atoms with E-state index in [2.05, 4.69) is 27.8 Å². The van der Waals surface area contributed by atoms with Gasteiger partial charge in [0.1, 0.15) is 0 Å². The highest BCUT2D eigenvalue weighted by Gasteiger charge is 2.01. The number of nitrogens with zero attached hydrogens (tertiary/aromatic N) is 2. The van der Waals surface area contributed by atoms with E-state index in [9.17, 15) is 0 Å². The minimum atomic E-state index is 0.780. The van der Waals surface area contributed by atoms with Crippen molar-refractivity contribution in [2.75, 3.05) is 19.8 Å². The van der Waals surface area contributed by atoms with Crippen molar-refractivity contribution in [3.63, 3.8) is 0 Å². The third-order valence-corrected chi connectivity index (χ3v) is 3.29. The SMILES string of the molecule is CCCCOCCNCc1cn2ccsc2n1. The van der Waals surface area contributed by atoms with Crippen LogP contribution in [0.25, 0.3) is 4.96 Å². The lowest BCUT2D eigenvalue weighted by atomic mass is 10.4. The zero-order valence-corrected chi connectivity index (χ0v) is 11.0. The second-order valence-corrected chi connectivity index (χ2v) is 4.84. The first-order valence-electron chi connectivity index (χ1n) is 6.09. The molecule has 0 unspecified atom stereocenters. The van der Waals surface area contributed by atoms with Crippen LogP contribution in [0, 0.1) is 0 Å². The third kappa shape index (κ3) is 3.80. The maximum absolute atomic E-state index is 5.47. The van der Waals surface area contributed by atoms with Crippen LogP contribution in [0.2, 0.25) is 0 Å². The molecule has 0 aliphatic rings. The Morgan fingerprint density at radius 2 is 2.41 bits per heavy atom. The zero-order valence-electron chi connectivity index (χ0n) is 10.2. The summed E-state index contributed by atoms with van der Waals surface area (Å²) < 4.78 is 7.52. The molecule has 5 heteroatoms. The van der Waals surface area contributed by atoms with Crippen LogP contribution in [-0.4, -0.2) is 29.1 Å². The molecule has 2 aromatic heterocycles. The molecule has 0 saturated heterocycles. The standard InChI is InChI=1S/C12H19N3OS/c1-2-3-6-16-7-4-13-9-11-10-15-5-8-17-12(15)14-11/h5,8,10,13H,2-4,6-7,9H2,1H3. The fourth-order valence-corrected chi connectivity index (χ4v) is 2.29. The van der Waals surface area contributed by atoms with Gasteiger partial charge in [-0.25, -0.2) is 4.98 Å². The quantitative estimate of drug-likeness (QED) is 0.734. The second-order valence-electron chi connectivity index (χ2n) is 3.97. The summed E-state index contributed by atoms with van der Waals surface area (Å²) in [5.74, 6) is 0. The molecule has 4 nitrogen and oxygen atoms in total. The molecular weight excluding hydrogens is 234 g/mol. The Morgan fingerprint density at radius 1 is 1.47 bits per heavy atom. The van der Waals surface area contributed by atoms with Crippen molar-refractivity contribution in [1.82, 2.24) is 14.7 Å². The summed E-state index contributed by atoms with van der Waals surface area (Å²) in [6.45, 7) is 5.52. The van der Waals surface area contributed by atoms with E-state index < -0.39 is 0 Å². The van der Waals surface area contributed by atoms with Crippen molar-refractivity contribution < 1.29 is 4.74 Å². The fourth-order valence-electron chi connectivity index (χ4n) is 1.57. The van der Waals surface area contributed by atoms with Gasteiger partial charge in [0.2, 0.25) is 0 Å². The van der Waals surface area contributed by atoms with Gasteiger partial charge in [-0.3, -0.25) is 4.40 Å². The van der Waals surface area contributed by atoms with Gasteiger partial charge in [-0.2, -0.15) is 0 Å². The average Bonchev–Trinajstić information content (AvgIpc) is 2.88. The molecule has 0 saturated carbocycles. The lowest BCUT2D eigenvalue weighted by Crippen LogP contribution is -2.19. The predicted molar refractivity (Wildman–Crippen MR) is 70.5 cm³/mol. The number of aromatic nitrogens is 2. The Labute approximate surface area is 106 Å². The molecule has 94 valence electrons. The van der Waals surface area contributed by atoms with Crippen molar-refractivity contribution >= 4 is 16.3 Å². The number of thiazole rings is 1. The van der Waals surface area contributed by atoms with Crippen molar-refractivity contribution in [3.8, 4) is 0 Å². The molecule has 0 atom stereocenters. The van der Waals surface area contributed by atoms with Crippen molar-refractivity contribution in [2.24, 2.45) is 0 Å². The van der Waals surface area contributed by atoms with E-state index in [1.54, 1.807) is 11.3 Å². The number of hydrogen-bond acceptors (Lipinski definition) is 4. The lowest BCUT2D eigenvalue weighted by molar-refractivity contribution is 0.133. The number of nitrogens with one attached hydrogen (secondary N) is 1. The first kappa shape index (κ1) is 12.5. The first-order chi connectivity index (χ1) is 8.40. The average molecular weight is 253 g/mol. The Kier molecular flexibility index (Phi) is 4.97. The summed E-state index contributed by atoms with van der Waals surface area (Å²) in [4.78, 5) is 5.55. The van der Waals surface area contributed by atoms with Gasteiger partial charge >= 0.3 is 0 Å². The summed E-state index contributed by atoms with van der Waals surface area (Å²) in [5, 5.41) is 5.38. The highest BCUT2D eigenvalue weighted by atomic mass is 32.1. The van der Waals surface area contributed by atoms with Crippen LogP contribution in [0.15, 0.2) is 17.8 Å². The molecule has 0 aliphatic carbocycles. The zero-order chi connectivity index (χ0) is 11.9. The Morgan fingerprint density at radius 3 is 3.24 bits per heavy atom. The number of imidazole rings is 1. The molecule has 2 heterocycles. The van der Waals surface area contributed by atoms with E-state index in [4.69, 9.17) is 4.74 Å². The van der Waals surface area contributed by atoms with Gasteiger partial charge in [0, 0.05) is 37.5 Å². The highest BCUT2D eigenvalue weighted by molar-refractivity contribution is 7.15. The van der Waals surface area contributed by atoms with Crippen LogP contribution in [0.5, 0.6) is 0 Å². The smallest absolute Gasteiger partial charge is 0.193 e. The molecule has 17 heavy (non-hydrogen) atoms. The lowest BCUT2D eigenvalue weighted by Gasteiger charge is -2.03. The van der Waals surface area contributed by atoms with Gasteiger partial charge in [0.25, 0.3) is 0 Å². The van der Waals surface area contributed by atoms with Crippen LogP contribution in [0.3, 0.4) is 0 Å². The third-order valence-electron chi connectivity index (χ3n) is 2.51. The topological polar surface area (TPSA) is 38.6 Å². The molecule has 0 spiro atoms. The van der Waals surface area contributed by atoms with Crippen LogP contribution in [0.1, 0.15) is 25.5 Å². The minimum absolute atomic E-state index is 0.780. The maximum Gasteiger partial charge on any atom is 0.193 e. The predicted octanol–water partition coefficient (Wildman–Crippen LogP) is 2.30. The highest BCUT2D eigenvalue weighted by Crippen LogP contribution is 2.10. The van der Waals surface area contributed by atoms with Gasteiger partial charge in [-0.15, -0.1) is 11.3 Å². The molecule has 1 N–H and O–H groups in total. The van der Waals surface area contributed by atoms with Crippen molar-refractivity contribution in [1.29, 1.82) is 0 Å². The molecule has 2 aromatic rings. The van der Waals surface area contributed by atoms with E-state index in [1.165, 1.54) is 6.42 Å². The molecule has 0 bridgehead atoms. The number of rotatable bonds is 8. The Hall–Kier alpha value is -0.910.